The van der Waals surface area contributed by atoms with E-state index < -0.39 is 0 Å². The number of hydrogen-bond donors (Lipinski definition) is 3. The molecule has 106 valence electrons. The van der Waals surface area contributed by atoms with Crippen LogP contribution in [0.4, 0.5) is 5.69 Å². The molecular formula is C16H14BrN3O. The van der Waals surface area contributed by atoms with Gasteiger partial charge in [0.1, 0.15) is 0 Å². The van der Waals surface area contributed by atoms with Gasteiger partial charge in [0.15, 0.2) is 0 Å². The number of halogens is 1. The summed E-state index contributed by atoms with van der Waals surface area (Å²) in [4.78, 5) is 16.9. The number of nitrogens with one attached hydrogen (secondary N) is 3. The molecule has 0 saturated heterocycles. The van der Waals surface area contributed by atoms with E-state index in [2.05, 4.69) is 55.5 Å². The first-order valence-electron chi connectivity index (χ1n) is 6.96. The molecular weight excluding hydrogens is 330 g/mol. The van der Waals surface area contributed by atoms with Gasteiger partial charge in [-0.1, -0.05) is 24.3 Å². The third kappa shape index (κ3) is 2.17. The van der Waals surface area contributed by atoms with E-state index >= 15 is 0 Å². The van der Waals surface area contributed by atoms with E-state index in [1.807, 2.05) is 12.1 Å². The normalized spacial score (nSPS) is 17.1. The Bertz CT molecular complexity index is 881. The first kappa shape index (κ1) is 12.7. The van der Waals surface area contributed by atoms with Gasteiger partial charge in [0.05, 0.1) is 22.8 Å². The lowest BCUT2D eigenvalue weighted by atomic mass is 10.1. The second kappa shape index (κ2) is 4.77. The van der Waals surface area contributed by atoms with Crippen molar-refractivity contribution in [2.45, 2.75) is 18.9 Å². The standard InChI is InChI=1S/C16H14BrN3O/c17-11-7-14-15(20-16(21)19-14)8-13(11)18-12-6-5-9-3-1-2-4-10(9)12/h1-4,7-8,12,18H,5-6H2,(H2,19,20,21). The Morgan fingerprint density at radius 1 is 1.14 bits per heavy atom. The molecule has 0 fully saturated rings. The van der Waals surface area contributed by atoms with Crippen molar-refractivity contribution in [3.05, 3.63) is 62.5 Å². The van der Waals surface area contributed by atoms with Gasteiger partial charge in [-0.2, -0.15) is 0 Å². The van der Waals surface area contributed by atoms with Crippen molar-refractivity contribution in [3.63, 3.8) is 0 Å². The Morgan fingerprint density at radius 3 is 2.76 bits per heavy atom. The number of rotatable bonds is 2. The Hall–Kier alpha value is -2.01. The maximum absolute atomic E-state index is 11.4. The van der Waals surface area contributed by atoms with Crippen molar-refractivity contribution in [2.24, 2.45) is 0 Å². The van der Waals surface area contributed by atoms with Crippen LogP contribution in [0.15, 0.2) is 45.7 Å². The van der Waals surface area contributed by atoms with Gasteiger partial charge in [0.2, 0.25) is 0 Å². The summed E-state index contributed by atoms with van der Waals surface area (Å²) >= 11 is 3.58. The highest BCUT2D eigenvalue weighted by molar-refractivity contribution is 9.10. The van der Waals surface area contributed by atoms with E-state index in [4.69, 9.17) is 0 Å². The van der Waals surface area contributed by atoms with Crippen molar-refractivity contribution in [2.75, 3.05) is 5.32 Å². The smallest absolute Gasteiger partial charge is 0.323 e. The summed E-state index contributed by atoms with van der Waals surface area (Å²) in [6.45, 7) is 0. The number of aromatic nitrogens is 2. The molecule has 21 heavy (non-hydrogen) atoms. The highest BCUT2D eigenvalue weighted by Gasteiger charge is 2.22. The molecule has 0 spiro atoms. The first-order chi connectivity index (χ1) is 10.2. The molecule has 1 aliphatic rings. The number of hydrogen-bond acceptors (Lipinski definition) is 2. The molecule has 1 aromatic heterocycles. The van der Waals surface area contributed by atoms with Gasteiger partial charge in [-0.15, -0.1) is 0 Å². The maximum Gasteiger partial charge on any atom is 0.323 e. The molecule has 5 heteroatoms. The number of aryl methyl sites for hydroxylation is 1. The fraction of sp³-hybridized carbons (Fsp3) is 0.188. The minimum Gasteiger partial charge on any atom is -0.377 e. The highest BCUT2D eigenvalue weighted by atomic mass is 79.9. The van der Waals surface area contributed by atoms with Crippen molar-refractivity contribution in [1.82, 2.24) is 9.97 Å². The Kier molecular flexibility index (Phi) is 2.89. The predicted octanol–water partition coefficient (Wildman–Crippen LogP) is 3.72. The maximum atomic E-state index is 11.4. The largest absolute Gasteiger partial charge is 0.377 e. The van der Waals surface area contributed by atoms with E-state index in [-0.39, 0.29) is 5.69 Å². The minimum atomic E-state index is -0.180. The Balaban J connectivity index is 1.72. The molecule has 0 amide bonds. The monoisotopic (exact) mass is 343 g/mol. The van der Waals surface area contributed by atoms with Gasteiger partial charge in [0, 0.05) is 4.47 Å². The lowest BCUT2D eigenvalue weighted by Gasteiger charge is -2.17. The van der Waals surface area contributed by atoms with Crippen LogP contribution in [0.25, 0.3) is 11.0 Å². The zero-order valence-corrected chi connectivity index (χ0v) is 12.8. The lowest BCUT2D eigenvalue weighted by molar-refractivity contribution is 0.761. The molecule has 0 bridgehead atoms. The van der Waals surface area contributed by atoms with Gasteiger partial charge >= 0.3 is 5.69 Å². The van der Waals surface area contributed by atoms with Crippen LogP contribution in [0.3, 0.4) is 0 Å². The first-order valence-corrected chi connectivity index (χ1v) is 7.76. The van der Waals surface area contributed by atoms with Gasteiger partial charge in [0.25, 0.3) is 0 Å². The molecule has 3 aromatic rings. The molecule has 1 unspecified atom stereocenters. The van der Waals surface area contributed by atoms with Gasteiger partial charge in [-0.05, 0) is 52.0 Å². The number of benzene rings is 2. The fourth-order valence-electron chi connectivity index (χ4n) is 3.06. The summed E-state index contributed by atoms with van der Waals surface area (Å²) in [5, 5.41) is 3.58. The van der Waals surface area contributed by atoms with Crippen LogP contribution in [0.2, 0.25) is 0 Å². The fourth-order valence-corrected chi connectivity index (χ4v) is 3.52. The van der Waals surface area contributed by atoms with Crippen LogP contribution < -0.4 is 11.0 Å². The van der Waals surface area contributed by atoms with Crippen LogP contribution in [0, 0.1) is 0 Å². The molecule has 1 heterocycles. The summed E-state index contributed by atoms with van der Waals surface area (Å²) in [6.07, 6.45) is 2.20. The molecule has 0 radical (unpaired) electrons. The van der Waals surface area contributed by atoms with Crippen molar-refractivity contribution >= 4 is 32.7 Å². The molecule has 1 aliphatic carbocycles. The minimum absolute atomic E-state index is 0.180. The van der Waals surface area contributed by atoms with E-state index in [1.165, 1.54) is 11.1 Å². The van der Waals surface area contributed by atoms with Gasteiger partial charge in [-0.3, -0.25) is 0 Å². The van der Waals surface area contributed by atoms with Crippen LogP contribution in [-0.4, -0.2) is 9.97 Å². The second-order valence-electron chi connectivity index (χ2n) is 5.39. The van der Waals surface area contributed by atoms with E-state index in [0.717, 1.165) is 34.0 Å². The zero-order chi connectivity index (χ0) is 14.4. The third-order valence-electron chi connectivity index (χ3n) is 4.07. The highest BCUT2D eigenvalue weighted by Crippen LogP contribution is 2.36. The Morgan fingerprint density at radius 2 is 1.90 bits per heavy atom. The average Bonchev–Trinajstić information content (AvgIpc) is 3.02. The number of imidazole rings is 1. The molecule has 2 aromatic carbocycles. The van der Waals surface area contributed by atoms with E-state index in [9.17, 15) is 4.79 Å². The lowest BCUT2D eigenvalue weighted by Crippen LogP contribution is -2.07. The summed E-state index contributed by atoms with van der Waals surface area (Å²) < 4.78 is 0.953. The topological polar surface area (TPSA) is 60.7 Å². The van der Waals surface area contributed by atoms with Gasteiger partial charge < -0.3 is 15.3 Å². The number of H-pyrrole nitrogens is 2. The SMILES string of the molecule is O=c1[nH]c2cc(Br)c(NC3CCc4ccccc43)cc2[nH]1. The molecule has 0 aliphatic heterocycles. The number of fused-ring (bicyclic) bond motifs is 2. The zero-order valence-electron chi connectivity index (χ0n) is 11.2. The predicted molar refractivity (Wildman–Crippen MR) is 87.7 cm³/mol. The van der Waals surface area contributed by atoms with Crippen molar-refractivity contribution < 1.29 is 0 Å². The van der Waals surface area contributed by atoms with E-state index in [0.29, 0.717) is 6.04 Å². The van der Waals surface area contributed by atoms with E-state index in [1.54, 1.807) is 0 Å². The molecule has 0 saturated carbocycles. The molecule has 3 N–H and O–H groups in total. The third-order valence-corrected chi connectivity index (χ3v) is 4.72. The van der Waals surface area contributed by atoms with Crippen LogP contribution in [0.5, 0.6) is 0 Å². The summed E-state index contributed by atoms with van der Waals surface area (Å²) in [5.74, 6) is 0. The second-order valence-corrected chi connectivity index (χ2v) is 6.25. The summed E-state index contributed by atoms with van der Waals surface area (Å²) in [7, 11) is 0. The quantitative estimate of drug-likeness (QED) is 0.664. The van der Waals surface area contributed by atoms with Crippen LogP contribution in [0.1, 0.15) is 23.6 Å². The number of anilines is 1. The molecule has 4 rings (SSSR count). The number of aromatic amines is 2. The molecule has 4 nitrogen and oxygen atoms in total. The summed E-state index contributed by atoms with van der Waals surface area (Å²) in [6, 6.07) is 12.8. The van der Waals surface area contributed by atoms with Crippen LogP contribution in [-0.2, 0) is 6.42 Å². The molecule has 1 atom stereocenters. The van der Waals surface area contributed by atoms with Crippen molar-refractivity contribution in [3.8, 4) is 0 Å². The van der Waals surface area contributed by atoms with Gasteiger partial charge in [-0.25, -0.2) is 4.79 Å². The van der Waals surface area contributed by atoms with Crippen LogP contribution >= 0.6 is 15.9 Å². The average molecular weight is 344 g/mol. The summed E-state index contributed by atoms with van der Waals surface area (Å²) in [5.41, 5.74) is 5.23. The Labute approximate surface area is 129 Å². The van der Waals surface area contributed by atoms with Crippen molar-refractivity contribution in [1.29, 1.82) is 0 Å².